The van der Waals surface area contributed by atoms with Crippen LogP contribution < -0.4 is 5.32 Å². The van der Waals surface area contributed by atoms with E-state index in [1.165, 1.54) is 0 Å². The normalized spacial score (nSPS) is 10.1. The number of carbonyl (C=O) groups excluding carboxylic acids is 2. The van der Waals surface area contributed by atoms with Crippen LogP contribution in [0, 0.1) is 0 Å². The van der Waals surface area contributed by atoms with Crippen LogP contribution >= 0.6 is 0 Å². The van der Waals surface area contributed by atoms with Crippen LogP contribution in [0.2, 0.25) is 0 Å². The van der Waals surface area contributed by atoms with Gasteiger partial charge in [-0.05, 0) is 17.7 Å². The molecule has 6 nitrogen and oxygen atoms in total. The van der Waals surface area contributed by atoms with Gasteiger partial charge in [0.25, 0.3) is 5.91 Å². The van der Waals surface area contributed by atoms with E-state index in [9.17, 15) is 9.59 Å². The number of hydrogen-bond acceptors (Lipinski definition) is 5. The van der Waals surface area contributed by atoms with Gasteiger partial charge in [0.15, 0.2) is 6.61 Å². The van der Waals surface area contributed by atoms with Gasteiger partial charge in [-0.15, -0.1) is 0 Å². The van der Waals surface area contributed by atoms with E-state index in [1.54, 1.807) is 32.4 Å². The Morgan fingerprint density at radius 2 is 2.00 bits per heavy atom. The van der Waals surface area contributed by atoms with E-state index >= 15 is 0 Å². The molecule has 0 heterocycles. The van der Waals surface area contributed by atoms with Gasteiger partial charge in [-0.3, -0.25) is 4.79 Å². The number of nitrogens with one attached hydrogen (secondary N) is 1. The third kappa shape index (κ3) is 5.81. The van der Waals surface area contributed by atoms with Crippen molar-refractivity contribution in [2.75, 3.05) is 34.0 Å². The van der Waals surface area contributed by atoms with Gasteiger partial charge < -0.3 is 19.5 Å². The third-order valence-electron chi connectivity index (χ3n) is 2.44. The van der Waals surface area contributed by atoms with E-state index in [0.717, 1.165) is 5.56 Å². The van der Waals surface area contributed by atoms with Crippen LogP contribution in [0.1, 0.15) is 15.9 Å². The monoisotopic (exact) mass is 281 g/mol. The fourth-order valence-electron chi connectivity index (χ4n) is 1.51. The fraction of sp³-hybridized carbons (Fsp3) is 0.429. The number of benzene rings is 1. The minimum absolute atomic E-state index is 0.308. The van der Waals surface area contributed by atoms with E-state index in [4.69, 9.17) is 14.2 Å². The Labute approximate surface area is 118 Å². The van der Waals surface area contributed by atoms with Gasteiger partial charge in [0.1, 0.15) is 0 Å². The number of ether oxygens (including phenoxy) is 3. The van der Waals surface area contributed by atoms with E-state index in [2.05, 4.69) is 5.32 Å². The van der Waals surface area contributed by atoms with Crippen molar-refractivity contribution in [3.05, 3.63) is 35.4 Å². The Hall–Kier alpha value is -1.92. The summed E-state index contributed by atoms with van der Waals surface area (Å²) >= 11 is 0. The van der Waals surface area contributed by atoms with Crippen molar-refractivity contribution in [2.24, 2.45) is 0 Å². The zero-order valence-corrected chi connectivity index (χ0v) is 11.7. The zero-order valence-electron chi connectivity index (χ0n) is 11.7. The maximum absolute atomic E-state index is 11.8. The maximum atomic E-state index is 11.8. The quantitative estimate of drug-likeness (QED) is 0.562. The first-order valence-corrected chi connectivity index (χ1v) is 6.18. The zero-order chi connectivity index (χ0) is 14.8. The summed E-state index contributed by atoms with van der Waals surface area (Å²) in [6, 6.07) is 6.89. The average Bonchev–Trinajstić information content (AvgIpc) is 2.46. The van der Waals surface area contributed by atoms with Crippen molar-refractivity contribution in [3.8, 4) is 0 Å². The SMILES string of the molecule is COCCNC(=O)COC(=O)c1cccc(COC)c1. The summed E-state index contributed by atoms with van der Waals surface area (Å²) in [7, 11) is 3.12. The van der Waals surface area contributed by atoms with Crippen LogP contribution in [-0.4, -0.2) is 45.9 Å². The molecule has 1 rings (SSSR count). The highest BCUT2D eigenvalue weighted by Gasteiger charge is 2.10. The molecule has 0 unspecified atom stereocenters. The second-order valence-corrected chi connectivity index (χ2v) is 4.05. The number of carbonyl (C=O) groups is 2. The highest BCUT2D eigenvalue weighted by Crippen LogP contribution is 2.07. The van der Waals surface area contributed by atoms with E-state index < -0.39 is 5.97 Å². The number of rotatable bonds is 8. The standard InChI is InChI=1S/C14H19NO5/c1-18-7-6-15-13(16)10-20-14(17)12-5-3-4-11(8-12)9-19-2/h3-5,8H,6-7,9-10H2,1-2H3,(H,15,16). The summed E-state index contributed by atoms with van der Waals surface area (Å²) in [6.07, 6.45) is 0. The highest BCUT2D eigenvalue weighted by atomic mass is 16.5. The summed E-state index contributed by atoms with van der Waals surface area (Å²) < 4.78 is 14.7. The van der Waals surface area contributed by atoms with Crippen molar-refractivity contribution in [1.82, 2.24) is 5.32 Å². The Morgan fingerprint density at radius 3 is 2.70 bits per heavy atom. The van der Waals surface area contributed by atoms with Crippen molar-refractivity contribution in [2.45, 2.75) is 6.61 Å². The number of methoxy groups -OCH3 is 2. The summed E-state index contributed by atoms with van der Waals surface area (Å²) in [5, 5.41) is 2.56. The maximum Gasteiger partial charge on any atom is 0.338 e. The van der Waals surface area contributed by atoms with Crippen LogP contribution in [-0.2, 0) is 25.6 Å². The van der Waals surface area contributed by atoms with Crippen LogP contribution in [0.3, 0.4) is 0 Å². The molecule has 0 aromatic heterocycles. The number of esters is 1. The van der Waals surface area contributed by atoms with E-state index in [1.807, 2.05) is 6.07 Å². The lowest BCUT2D eigenvalue weighted by atomic mass is 10.1. The molecule has 20 heavy (non-hydrogen) atoms. The van der Waals surface area contributed by atoms with Gasteiger partial charge in [0, 0.05) is 20.8 Å². The second-order valence-electron chi connectivity index (χ2n) is 4.05. The van der Waals surface area contributed by atoms with Gasteiger partial charge in [0.2, 0.25) is 0 Å². The molecule has 0 radical (unpaired) electrons. The van der Waals surface area contributed by atoms with E-state index in [0.29, 0.717) is 25.3 Å². The summed E-state index contributed by atoms with van der Waals surface area (Å²) in [4.78, 5) is 23.1. The molecule has 1 amide bonds. The fourth-order valence-corrected chi connectivity index (χ4v) is 1.51. The predicted octanol–water partition coefficient (Wildman–Crippen LogP) is 0.752. The summed E-state index contributed by atoms with van der Waals surface area (Å²) in [6.45, 7) is 0.907. The molecule has 1 aromatic rings. The minimum Gasteiger partial charge on any atom is -0.452 e. The second kappa shape index (κ2) is 9.06. The summed E-state index contributed by atoms with van der Waals surface area (Å²) in [5.74, 6) is -0.895. The van der Waals surface area contributed by atoms with Crippen LogP contribution in [0.25, 0.3) is 0 Å². The molecule has 1 aromatic carbocycles. The molecule has 0 aliphatic rings. The van der Waals surface area contributed by atoms with Crippen molar-refractivity contribution >= 4 is 11.9 Å². The molecule has 6 heteroatoms. The molecule has 0 spiro atoms. The largest absolute Gasteiger partial charge is 0.452 e. The van der Waals surface area contributed by atoms with Crippen molar-refractivity contribution < 1.29 is 23.8 Å². The van der Waals surface area contributed by atoms with E-state index in [-0.39, 0.29) is 12.5 Å². The average molecular weight is 281 g/mol. The van der Waals surface area contributed by atoms with Gasteiger partial charge in [0.05, 0.1) is 18.8 Å². The first kappa shape index (κ1) is 16.1. The molecular weight excluding hydrogens is 262 g/mol. The van der Waals surface area contributed by atoms with Gasteiger partial charge in [-0.25, -0.2) is 4.79 Å². The van der Waals surface area contributed by atoms with Crippen LogP contribution in [0.5, 0.6) is 0 Å². The Kier molecular flexibility index (Phi) is 7.31. The Balaban J connectivity index is 2.42. The van der Waals surface area contributed by atoms with Gasteiger partial charge in [-0.2, -0.15) is 0 Å². The Morgan fingerprint density at radius 1 is 1.20 bits per heavy atom. The van der Waals surface area contributed by atoms with Crippen molar-refractivity contribution in [3.63, 3.8) is 0 Å². The first-order valence-electron chi connectivity index (χ1n) is 6.18. The lowest BCUT2D eigenvalue weighted by molar-refractivity contribution is -0.124. The van der Waals surface area contributed by atoms with Crippen LogP contribution in [0.15, 0.2) is 24.3 Å². The smallest absolute Gasteiger partial charge is 0.338 e. The molecule has 110 valence electrons. The molecule has 0 aliphatic carbocycles. The molecule has 0 bridgehead atoms. The lowest BCUT2D eigenvalue weighted by Crippen LogP contribution is -2.31. The molecule has 0 fully saturated rings. The minimum atomic E-state index is -0.537. The Bertz CT molecular complexity index is 447. The third-order valence-corrected chi connectivity index (χ3v) is 2.44. The highest BCUT2D eigenvalue weighted by molar-refractivity contribution is 5.91. The summed E-state index contributed by atoms with van der Waals surface area (Å²) in [5.41, 5.74) is 1.26. The first-order chi connectivity index (χ1) is 9.67. The number of hydrogen-bond donors (Lipinski definition) is 1. The van der Waals surface area contributed by atoms with Crippen LogP contribution in [0.4, 0.5) is 0 Å². The molecular formula is C14H19NO5. The molecule has 0 atom stereocenters. The van der Waals surface area contributed by atoms with Gasteiger partial charge >= 0.3 is 5.97 Å². The molecule has 1 N–H and O–H groups in total. The van der Waals surface area contributed by atoms with Gasteiger partial charge in [-0.1, -0.05) is 12.1 Å². The predicted molar refractivity (Wildman–Crippen MR) is 72.3 cm³/mol. The molecule has 0 aliphatic heterocycles. The topological polar surface area (TPSA) is 73.9 Å². The lowest BCUT2D eigenvalue weighted by Gasteiger charge is -2.07. The molecule has 0 saturated carbocycles. The molecule has 0 saturated heterocycles. The van der Waals surface area contributed by atoms with Crippen molar-refractivity contribution in [1.29, 1.82) is 0 Å². The number of amides is 1.